The van der Waals surface area contributed by atoms with E-state index in [9.17, 15) is 70.7 Å². The van der Waals surface area contributed by atoms with Gasteiger partial charge in [-0.2, -0.15) is 65.9 Å². The summed E-state index contributed by atoms with van der Waals surface area (Å²) in [5.74, 6) is -48.0. The third-order valence-corrected chi connectivity index (χ3v) is 4.84. The quantitative estimate of drug-likeness (QED) is 0.223. The fourth-order valence-corrected chi connectivity index (χ4v) is 2.76. The van der Waals surface area contributed by atoms with Gasteiger partial charge in [-0.3, -0.25) is 4.79 Å². The summed E-state index contributed by atoms with van der Waals surface area (Å²) in [6.07, 6.45) is -8.83. The molecule has 1 N–H and O–H groups in total. The Hall–Kier alpha value is -1.89. The Morgan fingerprint density at radius 3 is 1.51 bits per heavy atom. The molecule has 0 aliphatic carbocycles. The number of halogens is 16. The van der Waals surface area contributed by atoms with Crippen molar-refractivity contribution in [2.75, 3.05) is 6.54 Å². The highest BCUT2D eigenvalue weighted by Crippen LogP contribution is 2.62. The molecule has 18 heteroatoms. The van der Waals surface area contributed by atoms with Crippen LogP contribution in [-0.2, 0) is 0 Å². The smallest absolute Gasteiger partial charge is 0.348 e. The highest BCUT2D eigenvalue weighted by molar-refractivity contribution is 14.1. The summed E-state index contributed by atoms with van der Waals surface area (Å²) in [5.41, 5.74) is -0.104. The van der Waals surface area contributed by atoms with Gasteiger partial charge in [0.15, 0.2) is 0 Å². The summed E-state index contributed by atoms with van der Waals surface area (Å²) < 4.78 is 196. The van der Waals surface area contributed by atoms with Gasteiger partial charge < -0.3 is 5.32 Å². The van der Waals surface area contributed by atoms with E-state index in [0.29, 0.717) is 0 Å². The number of rotatable bonds is 9. The second kappa shape index (κ2) is 9.53. The van der Waals surface area contributed by atoms with Crippen LogP contribution in [0, 0.1) is 0 Å². The van der Waals surface area contributed by atoms with E-state index in [1.807, 2.05) is 5.32 Å². The first-order valence-electron chi connectivity index (χ1n) is 8.42. The molecule has 2 nitrogen and oxygen atoms in total. The summed E-state index contributed by atoms with van der Waals surface area (Å²) in [6.45, 7) is -1.12. The number of alkyl halides is 15. The Morgan fingerprint density at radius 1 is 0.686 bits per heavy atom. The molecule has 0 bridgehead atoms. The lowest BCUT2D eigenvalue weighted by Crippen LogP contribution is -2.72. The topological polar surface area (TPSA) is 29.1 Å². The molecule has 200 valence electrons. The van der Waals surface area contributed by atoms with E-state index in [1.165, 1.54) is 30.3 Å². The van der Waals surface area contributed by atoms with E-state index in [-0.39, 0.29) is 5.56 Å². The fraction of sp³-hybridized carbons (Fsp3) is 0.471. The summed E-state index contributed by atoms with van der Waals surface area (Å²) >= 11 is 0.732. The van der Waals surface area contributed by atoms with Gasteiger partial charge in [-0.05, 0) is 34.7 Å². The minimum atomic E-state index is -8.34. The molecule has 1 rings (SSSR count). The van der Waals surface area contributed by atoms with Gasteiger partial charge in [0, 0.05) is 21.8 Å². The molecule has 0 aliphatic rings. The average Bonchev–Trinajstić information content (AvgIpc) is 2.70. The standard InChI is InChI=1S/C17H9F15INO/c18-11(19,6-9(33)7-34-10(35)8-4-2-1-3-5-8)12(20,21)13(22,23)14(24,25)15(26,27)16(28,29)17(30,31)32/h1-6H,7H2,(H,34,35). The monoisotopic (exact) mass is 655 g/mol. The van der Waals surface area contributed by atoms with Crippen LogP contribution in [-0.4, -0.2) is 54.2 Å². The van der Waals surface area contributed by atoms with Gasteiger partial charge in [-0.25, -0.2) is 0 Å². The first kappa shape index (κ1) is 31.1. The molecule has 0 radical (unpaired) electrons. The molecule has 0 aromatic heterocycles. The lowest BCUT2D eigenvalue weighted by Gasteiger charge is -2.41. The zero-order valence-electron chi connectivity index (χ0n) is 16.1. The molecule has 35 heavy (non-hydrogen) atoms. The summed E-state index contributed by atoms with van der Waals surface area (Å²) in [4.78, 5) is 11.7. The minimum absolute atomic E-state index is 0.104. The van der Waals surface area contributed by atoms with Crippen LogP contribution < -0.4 is 5.32 Å². The summed E-state index contributed by atoms with van der Waals surface area (Å²) in [7, 11) is 0. The first-order valence-corrected chi connectivity index (χ1v) is 9.50. The van der Waals surface area contributed by atoms with E-state index in [2.05, 4.69) is 0 Å². The van der Waals surface area contributed by atoms with E-state index >= 15 is 0 Å². The van der Waals surface area contributed by atoms with Crippen LogP contribution in [0.3, 0.4) is 0 Å². The van der Waals surface area contributed by atoms with Crippen molar-refractivity contribution in [1.82, 2.24) is 5.32 Å². The van der Waals surface area contributed by atoms with Crippen molar-refractivity contribution in [2.24, 2.45) is 0 Å². The molecule has 0 heterocycles. The Kier molecular flexibility index (Phi) is 8.48. The second-order valence-electron chi connectivity index (χ2n) is 6.63. The van der Waals surface area contributed by atoms with Crippen LogP contribution >= 0.6 is 22.6 Å². The van der Waals surface area contributed by atoms with Gasteiger partial charge in [0.2, 0.25) is 0 Å². The molecule has 0 fully saturated rings. The highest BCUT2D eigenvalue weighted by atomic mass is 127. The maximum Gasteiger partial charge on any atom is 0.460 e. The van der Waals surface area contributed by atoms with Gasteiger partial charge in [0.25, 0.3) is 5.91 Å². The van der Waals surface area contributed by atoms with Crippen LogP contribution in [0.15, 0.2) is 40.0 Å². The SMILES string of the molecule is O=C(NCC(I)=CC(F)(F)C(F)(F)C(F)(F)C(F)(F)C(F)(F)C(F)(F)C(F)(F)F)c1ccccc1. The fourth-order valence-electron chi connectivity index (χ4n) is 2.17. The Labute approximate surface area is 198 Å². The van der Waals surface area contributed by atoms with Crippen LogP contribution in [0.2, 0.25) is 0 Å². The number of carbonyl (C=O) groups excluding carboxylic acids is 1. The largest absolute Gasteiger partial charge is 0.460 e. The van der Waals surface area contributed by atoms with E-state index < -0.39 is 63.8 Å². The van der Waals surface area contributed by atoms with Crippen molar-refractivity contribution < 1.29 is 70.7 Å². The molecule has 0 saturated heterocycles. The number of carbonyl (C=O) groups is 1. The number of hydrogen-bond donors (Lipinski definition) is 1. The molecule has 0 spiro atoms. The number of nitrogens with one attached hydrogen (secondary N) is 1. The van der Waals surface area contributed by atoms with Gasteiger partial charge in [0.1, 0.15) is 0 Å². The molecule has 0 saturated carbocycles. The second-order valence-corrected chi connectivity index (χ2v) is 8.02. The Morgan fingerprint density at radius 2 is 1.09 bits per heavy atom. The molecule has 1 aromatic rings. The van der Waals surface area contributed by atoms with Crippen molar-refractivity contribution >= 4 is 28.5 Å². The van der Waals surface area contributed by atoms with Crippen molar-refractivity contribution in [3.05, 3.63) is 45.6 Å². The van der Waals surface area contributed by atoms with E-state index in [4.69, 9.17) is 0 Å². The van der Waals surface area contributed by atoms with Crippen molar-refractivity contribution in [1.29, 1.82) is 0 Å². The zero-order chi connectivity index (χ0) is 27.9. The molecular weight excluding hydrogens is 646 g/mol. The van der Waals surface area contributed by atoms with Crippen LogP contribution in [0.4, 0.5) is 65.9 Å². The van der Waals surface area contributed by atoms with Gasteiger partial charge >= 0.3 is 41.7 Å². The maximum absolute atomic E-state index is 13.8. The predicted octanol–water partition coefficient (Wildman–Crippen LogP) is 7.11. The highest BCUT2D eigenvalue weighted by Gasteiger charge is 2.93. The third kappa shape index (κ3) is 5.30. The van der Waals surface area contributed by atoms with Crippen molar-refractivity contribution in [3.8, 4) is 0 Å². The Bertz CT molecular complexity index is 941. The third-order valence-electron chi connectivity index (χ3n) is 4.14. The predicted molar refractivity (Wildman–Crippen MR) is 96.6 cm³/mol. The summed E-state index contributed by atoms with van der Waals surface area (Å²) in [6, 6.07) is 6.51. The van der Waals surface area contributed by atoms with Crippen LogP contribution in [0.25, 0.3) is 0 Å². The number of hydrogen-bond acceptors (Lipinski definition) is 1. The number of allylic oxidation sites excluding steroid dienone is 1. The van der Waals surface area contributed by atoms with Crippen molar-refractivity contribution in [2.45, 2.75) is 41.7 Å². The van der Waals surface area contributed by atoms with Crippen LogP contribution in [0.1, 0.15) is 10.4 Å². The minimum Gasteiger partial charge on any atom is -0.348 e. The molecule has 1 aromatic carbocycles. The van der Waals surface area contributed by atoms with Crippen molar-refractivity contribution in [3.63, 3.8) is 0 Å². The van der Waals surface area contributed by atoms with Gasteiger partial charge in [-0.1, -0.05) is 18.2 Å². The molecule has 0 unspecified atom stereocenters. The number of benzene rings is 1. The normalized spacial score (nSPS) is 15.3. The Balaban J connectivity index is 3.31. The van der Waals surface area contributed by atoms with E-state index in [0.717, 1.165) is 22.6 Å². The van der Waals surface area contributed by atoms with Gasteiger partial charge in [0.05, 0.1) is 0 Å². The number of amides is 1. The zero-order valence-corrected chi connectivity index (χ0v) is 18.3. The molecule has 1 amide bonds. The van der Waals surface area contributed by atoms with Crippen LogP contribution in [0.5, 0.6) is 0 Å². The average molecular weight is 655 g/mol. The van der Waals surface area contributed by atoms with Gasteiger partial charge in [-0.15, -0.1) is 0 Å². The lowest BCUT2D eigenvalue weighted by atomic mass is 9.91. The lowest BCUT2D eigenvalue weighted by molar-refractivity contribution is -0.449. The first-order chi connectivity index (χ1) is 15.4. The molecule has 0 atom stereocenters. The maximum atomic E-state index is 13.8. The van der Waals surface area contributed by atoms with E-state index in [1.54, 1.807) is 0 Å². The molecule has 0 aliphatic heterocycles. The molecular formula is C17H9F15INO. The summed E-state index contributed by atoms with van der Waals surface area (Å²) in [5, 5.41) is 1.83.